The van der Waals surface area contributed by atoms with E-state index < -0.39 is 5.82 Å². The van der Waals surface area contributed by atoms with Crippen LogP contribution in [0.25, 0.3) is 16.0 Å². The van der Waals surface area contributed by atoms with Crippen molar-refractivity contribution in [1.29, 1.82) is 0 Å². The first-order valence-corrected chi connectivity index (χ1v) is 7.97. The molecule has 0 amide bonds. The second kappa shape index (κ2) is 5.34. The molecule has 0 saturated carbocycles. The average molecular weight is 342 g/mol. The summed E-state index contributed by atoms with van der Waals surface area (Å²) in [5, 5.41) is 0. The van der Waals surface area contributed by atoms with Gasteiger partial charge in [0, 0.05) is 17.1 Å². The number of aryl methyl sites for hydroxylation is 1. The average Bonchev–Trinajstić information content (AvgIpc) is 2.91. The molecular formula is C16H11FN4O2S. The van der Waals surface area contributed by atoms with E-state index in [-0.39, 0.29) is 23.2 Å². The zero-order valence-corrected chi connectivity index (χ0v) is 13.4. The van der Waals surface area contributed by atoms with Crippen molar-refractivity contribution in [3.8, 4) is 0 Å². The van der Waals surface area contributed by atoms with E-state index >= 15 is 0 Å². The van der Waals surface area contributed by atoms with Crippen LogP contribution in [0.3, 0.4) is 0 Å². The molecule has 0 N–H and O–H groups in total. The molecule has 3 aromatic heterocycles. The third-order valence-corrected chi connectivity index (χ3v) is 4.58. The molecule has 4 rings (SSSR count). The summed E-state index contributed by atoms with van der Waals surface area (Å²) in [6, 6.07) is 5.81. The Morgan fingerprint density at radius 1 is 1.25 bits per heavy atom. The number of hydrogen-bond donors (Lipinski definition) is 0. The lowest BCUT2D eigenvalue weighted by Gasteiger charge is -2.09. The van der Waals surface area contributed by atoms with Crippen LogP contribution in [0.1, 0.15) is 10.6 Å². The molecule has 4 aromatic rings. The second-order valence-corrected chi connectivity index (χ2v) is 6.58. The van der Waals surface area contributed by atoms with Gasteiger partial charge in [0.2, 0.25) is 0 Å². The van der Waals surface area contributed by atoms with Crippen LogP contribution in [-0.2, 0) is 6.54 Å². The first-order valence-electron chi connectivity index (χ1n) is 7.16. The molecule has 0 radical (unpaired) electrons. The molecule has 0 fully saturated rings. The number of halogens is 1. The van der Waals surface area contributed by atoms with E-state index in [0.717, 1.165) is 11.1 Å². The summed E-state index contributed by atoms with van der Waals surface area (Å²) in [6.45, 7) is 1.96. The molecule has 1 aromatic carbocycles. The topological polar surface area (TPSA) is 69.3 Å². The highest BCUT2D eigenvalue weighted by molar-refractivity contribution is 7.16. The van der Waals surface area contributed by atoms with E-state index in [1.165, 1.54) is 38.5 Å². The maximum Gasteiger partial charge on any atom is 0.269 e. The Bertz CT molecular complexity index is 1210. The van der Waals surface area contributed by atoms with E-state index in [1.54, 1.807) is 12.3 Å². The lowest BCUT2D eigenvalue weighted by Crippen LogP contribution is -2.23. The highest BCUT2D eigenvalue weighted by Gasteiger charge is 2.11. The Balaban J connectivity index is 1.91. The first-order chi connectivity index (χ1) is 11.5. The van der Waals surface area contributed by atoms with Crippen molar-refractivity contribution in [3.63, 3.8) is 0 Å². The van der Waals surface area contributed by atoms with Crippen LogP contribution >= 0.6 is 11.3 Å². The predicted octanol–water partition coefficient (Wildman–Crippen LogP) is 1.96. The molecule has 3 heterocycles. The number of benzene rings is 1. The smallest absolute Gasteiger partial charge is 0.269 e. The maximum absolute atomic E-state index is 13.9. The minimum atomic E-state index is -0.501. The molecule has 0 saturated heterocycles. The van der Waals surface area contributed by atoms with Gasteiger partial charge in [-0.3, -0.25) is 18.6 Å². The normalized spacial score (nSPS) is 11.4. The van der Waals surface area contributed by atoms with Crippen LogP contribution in [0.2, 0.25) is 0 Å². The van der Waals surface area contributed by atoms with Gasteiger partial charge in [-0.15, -0.1) is 11.3 Å². The van der Waals surface area contributed by atoms with Crippen molar-refractivity contribution in [2.75, 3.05) is 0 Å². The lowest BCUT2D eigenvalue weighted by molar-refractivity contribution is 0.634. The molecule has 0 atom stereocenters. The van der Waals surface area contributed by atoms with Gasteiger partial charge in [0.25, 0.3) is 11.1 Å². The lowest BCUT2D eigenvalue weighted by atomic mass is 10.2. The van der Waals surface area contributed by atoms with Gasteiger partial charge in [0.1, 0.15) is 5.52 Å². The molecule has 6 nitrogen and oxygen atoms in total. The highest BCUT2D eigenvalue weighted by Crippen LogP contribution is 2.16. The number of hydrogen-bond acceptors (Lipinski definition) is 5. The van der Waals surface area contributed by atoms with Gasteiger partial charge in [0.05, 0.1) is 24.0 Å². The SMILES string of the molecule is Cc1cn2c(=O)cc(Cn3c(=O)cnc4c(F)cccc43)nc2s1. The zero-order valence-electron chi connectivity index (χ0n) is 12.6. The highest BCUT2D eigenvalue weighted by atomic mass is 32.1. The standard InChI is InChI=1S/C16H11FN4O2S/c1-9-7-21-13(22)5-10(19-16(21)24-9)8-20-12-4-2-3-11(17)15(12)18-6-14(20)23/h2-7H,8H2,1H3. The number of para-hydroxylation sites is 1. The first kappa shape index (κ1) is 14.7. The van der Waals surface area contributed by atoms with Crippen molar-refractivity contribution in [1.82, 2.24) is 18.9 Å². The van der Waals surface area contributed by atoms with Crippen LogP contribution in [0.4, 0.5) is 4.39 Å². The summed E-state index contributed by atoms with van der Waals surface area (Å²) < 4.78 is 16.7. The number of aromatic nitrogens is 4. The third kappa shape index (κ3) is 2.31. The van der Waals surface area contributed by atoms with Crippen molar-refractivity contribution in [3.05, 3.63) is 73.8 Å². The van der Waals surface area contributed by atoms with Crippen LogP contribution in [0.15, 0.2) is 46.2 Å². The Hall–Kier alpha value is -2.87. The van der Waals surface area contributed by atoms with Gasteiger partial charge in [-0.25, -0.2) is 14.4 Å². The van der Waals surface area contributed by atoms with Gasteiger partial charge in [-0.05, 0) is 19.1 Å². The van der Waals surface area contributed by atoms with Gasteiger partial charge in [0.15, 0.2) is 10.8 Å². The minimum absolute atomic E-state index is 0.0734. The van der Waals surface area contributed by atoms with Crippen LogP contribution < -0.4 is 11.1 Å². The van der Waals surface area contributed by atoms with Crippen molar-refractivity contribution in [2.45, 2.75) is 13.5 Å². The fourth-order valence-electron chi connectivity index (χ4n) is 2.62. The largest absolute Gasteiger partial charge is 0.299 e. The molecule has 24 heavy (non-hydrogen) atoms. The van der Waals surface area contributed by atoms with E-state index in [1.807, 2.05) is 6.92 Å². The molecule has 0 aliphatic heterocycles. The van der Waals surface area contributed by atoms with Gasteiger partial charge in [-0.2, -0.15) is 0 Å². The van der Waals surface area contributed by atoms with Crippen molar-refractivity contribution >= 4 is 27.3 Å². The molecule has 0 aliphatic carbocycles. The monoisotopic (exact) mass is 342 g/mol. The predicted molar refractivity (Wildman–Crippen MR) is 89.1 cm³/mol. The van der Waals surface area contributed by atoms with Gasteiger partial charge < -0.3 is 0 Å². The summed E-state index contributed by atoms with van der Waals surface area (Å²) in [4.78, 5) is 34.2. The Morgan fingerprint density at radius 3 is 2.92 bits per heavy atom. The molecule has 120 valence electrons. The summed E-state index contributed by atoms with van der Waals surface area (Å²) in [5.41, 5.74) is 0.337. The Kier molecular flexibility index (Phi) is 3.27. The van der Waals surface area contributed by atoms with Gasteiger partial charge in [-0.1, -0.05) is 6.07 Å². The van der Waals surface area contributed by atoms with Crippen LogP contribution in [0.5, 0.6) is 0 Å². The molecule has 0 unspecified atom stereocenters. The fourth-order valence-corrected chi connectivity index (χ4v) is 3.47. The third-order valence-electron chi connectivity index (χ3n) is 3.68. The summed E-state index contributed by atoms with van der Waals surface area (Å²) in [7, 11) is 0. The van der Waals surface area contributed by atoms with Crippen LogP contribution in [0, 0.1) is 12.7 Å². The van der Waals surface area contributed by atoms with Crippen molar-refractivity contribution < 1.29 is 4.39 Å². The Labute approximate surface area is 138 Å². The van der Waals surface area contributed by atoms with E-state index in [4.69, 9.17) is 0 Å². The molecule has 0 spiro atoms. The summed E-state index contributed by atoms with van der Waals surface area (Å²) in [6.07, 6.45) is 2.80. The quantitative estimate of drug-likeness (QED) is 0.558. The second-order valence-electron chi connectivity index (χ2n) is 5.37. The zero-order chi connectivity index (χ0) is 16.8. The number of fused-ring (bicyclic) bond motifs is 2. The number of thiazole rings is 1. The molecular weight excluding hydrogens is 331 g/mol. The summed E-state index contributed by atoms with van der Waals surface area (Å²) in [5.74, 6) is -0.501. The number of nitrogens with zero attached hydrogens (tertiary/aromatic N) is 4. The molecule has 0 bridgehead atoms. The van der Waals surface area contributed by atoms with Crippen LogP contribution in [-0.4, -0.2) is 18.9 Å². The number of rotatable bonds is 2. The molecule has 0 aliphatic rings. The Morgan fingerprint density at radius 2 is 2.08 bits per heavy atom. The van der Waals surface area contributed by atoms with E-state index in [9.17, 15) is 14.0 Å². The fraction of sp³-hybridized carbons (Fsp3) is 0.125. The summed E-state index contributed by atoms with van der Waals surface area (Å²) >= 11 is 1.39. The van der Waals surface area contributed by atoms with E-state index in [2.05, 4.69) is 9.97 Å². The van der Waals surface area contributed by atoms with Crippen molar-refractivity contribution in [2.24, 2.45) is 0 Å². The molecule has 8 heteroatoms. The minimum Gasteiger partial charge on any atom is -0.299 e. The van der Waals surface area contributed by atoms with E-state index in [0.29, 0.717) is 16.2 Å². The van der Waals surface area contributed by atoms with Gasteiger partial charge >= 0.3 is 0 Å². The maximum atomic E-state index is 13.9.